The third-order valence-electron chi connectivity index (χ3n) is 2.92. The molecule has 104 valence electrons. The van der Waals surface area contributed by atoms with Crippen molar-refractivity contribution in [2.75, 3.05) is 26.4 Å². The van der Waals surface area contributed by atoms with Crippen LogP contribution >= 0.6 is 0 Å². The number of aliphatic hydroxyl groups is 2. The molecule has 0 atom stereocenters. The van der Waals surface area contributed by atoms with Crippen LogP contribution in [0.3, 0.4) is 0 Å². The molecule has 0 radical (unpaired) electrons. The van der Waals surface area contributed by atoms with Crippen molar-refractivity contribution in [2.24, 2.45) is 0 Å². The predicted octanol–water partition coefficient (Wildman–Crippen LogP) is -0.0691. The molecule has 1 aromatic carbocycles. The summed E-state index contributed by atoms with van der Waals surface area (Å²) in [5, 5.41) is 21.0. The normalized spacial score (nSPS) is 14.1. The van der Waals surface area contributed by atoms with Crippen molar-refractivity contribution in [3.8, 4) is 11.5 Å². The zero-order valence-corrected chi connectivity index (χ0v) is 10.7. The molecule has 2 rings (SSSR count). The lowest BCUT2D eigenvalue weighted by atomic mass is 10.0. The van der Waals surface area contributed by atoms with Gasteiger partial charge in [0, 0.05) is 0 Å². The Hall–Kier alpha value is -1.79. The maximum absolute atomic E-state index is 12.2. The van der Waals surface area contributed by atoms with Gasteiger partial charge in [-0.3, -0.25) is 4.79 Å². The molecule has 6 heteroatoms. The fourth-order valence-corrected chi connectivity index (χ4v) is 1.72. The molecule has 1 heterocycles. The first-order valence-corrected chi connectivity index (χ1v) is 6.02. The van der Waals surface area contributed by atoms with E-state index in [0.717, 1.165) is 0 Å². The fourth-order valence-electron chi connectivity index (χ4n) is 1.72. The first-order valence-electron chi connectivity index (χ1n) is 6.02. The number of carbonyl (C=O) groups excluding carboxylic acids is 1. The number of hydrogen-bond acceptors (Lipinski definition) is 5. The van der Waals surface area contributed by atoms with Gasteiger partial charge in [-0.05, 0) is 19.1 Å². The van der Waals surface area contributed by atoms with E-state index >= 15 is 0 Å². The molecule has 0 aliphatic carbocycles. The molecule has 19 heavy (non-hydrogen) atoms. The van der Waals surface area contributed by atoms with E-state index < -0.39 is 11.4 Å². The van der Waals surface area contributed by atoms with E-state index in [4.69, 9.17) is 9.47 Å². The maximum Gasteiger partial charge on any atom is 0.255 e. The van der Waals surface area contributed by atoms with Gasteiger partial charge in [-0.1, -0.05) is 6.07 Å². The Morgan fingerprint density at radius 2 is 2.00 bits per heavy atom. The molecular formula is C13H17NO5. The van der Waals surface area contributed by atoms with Crippen molar-refractivity contribution in [3.63, 3.8) is 0 Å². The number of rotatable bonds is 4. The summed E-state index contributed by atoms with van der Waals surface area (Å²) in [6, 6.07) is 5.03. The molecule has 1 aliphatic rings. The second-order valence-electron chi connectivity index (χ2n) is 4.66. The van der Waals surface area contributed by atoms with Gasteiger partial charge in [0.25, 0.3) is 5.91 Å². The van der Waals surface area contributed by atoms with Crippen LogP contribution in [0.15, 0.2) is 18.2 Å². The van der Waals surface area contributed by atoms with E-state index in [0.29, 0.717) is 30.3 Å². The van der Waals surface area contributed by atoms with Gasteiger partial charge in [0.05, 0.1) is 24.3 Å². The van der Waals surface area contributed by atoms with E-state index in [9.17, 15) is 15.0 Å². The Morgan fingerprint density at radius 3 is 2.68 bits per heavy atom. The number of carbonyl (C=O) groups is 1. The van der Waals surface area contributed by atoms with E-state index in [2.05, 4.69) is 5.32 Å². The summed E-state index contributed by atoms with van der Waals surface area (Å²) in [5.74, 6) is 0.492. The number of ether oxygens (including phenoxy) is 2. The average Bonchev–Trinajstić information content (AvgIpc) is 2.46. The smallest absolute Gasteiger partial charge is 0.255 e. The molecule has 3 N–H and O–H groups in total. The van der Waals surface area contributed by atoms with Crippen LogP contribution in [0.5, 0.6) is 11.5 Å². The fraction of sp³-hybridized carbons (Fsp3) is 0.462. The molecule has 0 bridgehead atoms. The molecule has 1 aliphatic heterocycles. The highest BCUT2D eigenvalue weighted by atomic mass is 16.6. The SMILES string of the molecule is CC(CO)(CO)NC(=O)c1cccc2c1OCCO2. The van der Waals surface area contributed by atoms with E-state index in [1.54, 1.807) is 25.1 Å². The molecule has 0 unspecified atom stereocenters. The van der Waals surface area contributed by atoms with E-state index in [1.165, 1.54) is 0 Å². The molecule has 1 aromatic rings. The van der Waals surface area contributed by atoms with Gasteiger partial charge in [-0.2, -0.15) is 0 Å². The molecule has 1 amide bonds. The van der Waals surface area contributed by atoms with E-state index in [1.807, 2.05) is 0 Å². The molecule has 0 spiro atoms. The van der Waals surface area contributed by atoms with Gasteiger partial charge in [0.1, 0.15) is 13.2 Å². The number of hydrogen-bond donors (Lipinski definition) is 3. The first-order chi connectivity index (χ1) is 9.09. The summed E-state index contributed by atoms with van der Waals surface area (Å²) in [6.45, 7) is 1.67. The highest BCUT2D eigenvalue weighted by Crippen LogP contribution is 2.33. The summed E-state index contributed by atoms with van der Waals surface area (Å²) < 4.78 is 10.8. The van der Waals surface area contributed by atoms with Crippen LogP contribution in [-0.2, 0) is 0 Å². The van der Waals surface area contributed by atoms with Gasteiger partial charge in [0.15, 0.2) is 11.5 Å². The Kier molecular flexibility index (Phi) is 3.92. The molecule has 0 saturated heterocycles. The zero-order chi connectivity index (χ0) is 13.9. The van der Waals surface area contributed by atoms with Crippen molar-refractivity contribution in [1.29, 1.82) is 0 Å². The molecule has 0 saturated carbocycles. The lowest BCUT2D eigenvalue weighted by Crippen LogP contribution is -2.51. The number of benzene rings is 1. The largest absolute Gasteiger partial charge is 0.486 e. The van der Waals surface area contributed by atoms with Crippen molar-refractivity contribution in [3.05, 3.63) is 23.8 Å². The number of nitrogens with one attached hydrogen (secondary N) is 1. The van der Waals surface area contributed by atoms with Crippen LogP contribution in [0, 0.1) is 0 Å². The number of amides is 1. The van der Waals surface area contributed by atoms with Crippen molar-refractivity contribution in [1.82, 2.24) is 5.32 Å². The second-order valence-corrected chi connectivity index (χ2v) is 4.66. The minimum Gasteiger partial charge on any atom is -0.486 e. The van der Waals surface area contributed by atoms with Crippen LogP contribution < -0.4 is 14.8 Å². The molecule has 0 aromatic heterocycles. The van der Waals surface area contributed by atoms with Gasteiger partial charge in [-0.25, -0.2) is 0 Å². The van der Waals surface area contributed by atoms with Gasteiger partial charge in [0.2, 0.25) is 0 Å². The maximum atomic E-state index is 12.2. The van der Waals surface area contributed by atoms with Crippen molar-refractivity contribution < 1.29 is 24.5 Å². The van der Waals surface area contributed by atoms with Gasteiger partial charge >= 0.3 is 0 Å². The minimum atomic E-state index is -1.07. The number of fused-ring (bicyclic) bond motifs is 1. The summed E-state index contributed by atoms with van der Waals surface area (Å²) in [7, 11) is 0. The quantitative estimate of drug-likeness (QED) is 0.711. The third kappa shape index (κ3) is 2.80. The molecule has 0 fully saturated rings. The van der Waals surface area contributed by atoms with Crippen molar-refractivity contribution in [2.45, 2.75) is 12.5 Å². The zero-order valence-electron chi connectivity index (χ0n) is 10.7. The van der Waals surface area contributed by atoms with Crippen LogP contribution in [-0.4, -0.2) is 48.1 Å². The highest BCUT2D eigenvalue weighted by Gasteiger charge is 2.28. The number of para-hydroxylation sites is 1. The van der Waals surface area contributed by atoms with Crippen LogP contribution in [0.2, 0.25) is 0 Å². The average molecular weight is 267 g/mol. The Balaban J connectivity index is 2.25. The van der Waals surface area contributed by atoms with Crippen molar-refractivity contribution >= 4 is 5.91 Å². The lowest BCUT2D eigenvalue weighted by Gasteiger charge is -2.27. The standard InChI is InChI=1S/C13H17NO5/c1-13(7-15,8-16)14-12(17)9-3-2-4-10-11(9)19-6-5-18-10/h2-4,15-16H,5-8H2,1H3,(H,14,17). The lowest BCUT2D eigenvalue weighted by molar-refractivity contribution is 0.0716. The van der Waals surface area contributed by atoms with Gasteiger partial charge < -0.3 is 25.0 Å². The molecule has 6 nitrogen and oxygen atoms in total. The van der Waals surface area contributed by atoms with Crippen LogP contribution in [0.25, 0.3) is 0 Å². The number of aliphatic hydroxyl groups excluding tert-OH is 2. The van der Waals surface area contributed by atoms with Gasteiger partial charge in [-0.15, -0.1) is 0 Å². The second kappa shape index (κ2) is 5.46. The summed E-state index contributed by atoms with van der Waals surface area (Å²) in [6.07, 6.45) is 0. The third-order valence-corrected chi connectivity index (χ3v) is 2.92. The predicted molar refractivity (Wildman–Crippen MR) is 67.5 cm³/mol. The monoisotopic (exact) mass is 267 g/mol. The summed E-state index contributed by atoms with van der Waals surface area (Å²) >= 11 is 0. The highest BCUT2D eigenvalue weighted by molar-refractivity contribution is 5.98. The Morgan fingerprint density at radius 1 is 1.32 bits per heavy atom. The Bertz CT molecular complexity index is 470. The van der Waals surface area contributed by atoms with Crippen LogP contribution in [0.4, 0.5) is 0 Å². The Labute approximate surface area is 111 Å². The van der Waals surface area contributed by atoms with E-state index in [-0.39, 0.29) is 13.2 Å². The van der Waals surface area contributed by atoms with Crippen LogP contribution in [0.1, 0.15) is 17.3 Å². The topological polar surface area (TPSA) is 88.0 Å². The first kappa shape index (κ1) is 13.6. The summed E-state index contributed by atoms with van der Waals surface area (Å²) in [4.78, 5) is 12.2. The molecular weight excluding hydrogens is 250 g/mol. The summed E-state index contributed by atoms with van der Waals surface area (Å²) in [5.41, 5.74) is -0.750. The minimum absolute atomic E-state index is 0.324.